The van der Waals surface area contributed by atoms with E-state index in [4.69, 9.17) is 17.0 Å². The molecule has 2 N–H and O–H groups in total. The molecule has 0 aliphatic rings. The first-order valence-corrected chi connectivity index (χ1v) is 6.29. The number of benzene rings is 1. The number of nitrogens with zero attached hydrogens (tertiary/aromatic N) is 3. The van der Waals surface area contributed by atoms with Crippen LogP contribution in [0.15, 0.2) is 24.3 Å². The molecule has 0 saturated heterocycles. The number of H-pyrrole nitrogens is 2. The molecule has 0 unspecified atom stereocenters. The standard InChI is InChI=1S/C12H13N5OS/c1-18-7-6-17-11(15-16-12(17)19)10-8-4-2-3-5-9(8)13-14-10/h2-5H,6-7H2,1H3,(H,13,14)(H,16,19). The molecule has 2 aromatic heterocycles. The molecule has 3 aromatic rings. The Morgan fingerprint density at radius 3 is 2.95 bits per heavy atom. The number of ether oxygens (including phenoxy) is 1. The van der Waals surface area contributed by atoms with Crippen LogP contribution >= 0.6 is 12.2 Å². The monoisotopic (exact) mass is 275 g/mol. The fourth-order valence-corrected chi connectivity index (χ4v) is 2.25. The van der Waals surface area contributed by atoms with Crippen LogP contribution in [-0.2, 0) is 11.3 Å². The van der Waals surface area contributed by atoms with Crippen molar-refractivity contribution < 1.29 is 4.74 Å². The molecule has 0 fully saturated rings. The van der Waals surface area contributed by atoms with Gasteiger partial charge in [0.1, 0.15) is 5.69 Å². The van der Waals surface area contributed by atoms with Crippen LogP contribution in [0, 0.1) is 4.77 Å². The summed E-state index contributed by atoms with van der Waals surface area (Å²) < 4.78 is 7.55. The van der Waals surface area contributed by atoms with E-state index in [0.29, 0.717) is 17.9 Å². The van der Waals surface area contributed by atoms with Gasteiger partial charge in [-0.1, -0.05) is 18.2 Å². The highest BCUT2D eigenvalue weighted by atomic mass is 32.1. The van der Waals surface area contributed by atoms with Crippen LogP contribution in [0.4, 0.5) is 0 Å². The van der Waals surface area contributed by atoms with Crippen molar-refractivity contribution in [2.45, 2.75) is 6.54 Å². The Balaban J connectivity index is 2.14. The lowest BCUT2D eigenvalue weighted by Gasteiger charge is -2.04. The zero-order valence-electron chi connectivity index (χ0n) is 10.4. The minimum Gasteiger partial charge on any atom is -0.383 e. The first kappa shape index (κ1) is 12.1. The van der Waals surface area contributed by atoms with Gasteiger partial charge in [0.25, 0.3) is 0 Å². The molecule has 6 nitrogen and oxygen atoms in total. The third-order valence-corrected chi connectivity index (χ3v) is 3.27. The van der Waals surface area contributed by atoms with E-state index >= 15 is 0 Å². The second-order valence-electron chi connectivity index (χ2n) is 4.11. The van der Waals surface area contributed by atoms with Crippen molar-refractivity contribution in [1.82, 2.24) is 25.0 Å². The van der Waals surface area contributed by atoms with Crippen LogP contribution in [-0.4, -0.2) is 38.7 Å². The maximum atomic E-state index is 5.23. The quantitative estimate of drug-likeness (QED) is 0.715. The molecule has 0 aliphatic carbocycles. The Hall–Kier alpha value is -1.99. The summed E-state index contributed by atoms with van der Waals surface area (Å²) in [6.45, 7) is 1.21. The summed E-state index contributed by atoms with van der Waals surface area (Å²) in [4.78, 5) is 0. The molecule has 0 aliphatic heterocycles. The number of fused-ring (bicyclic) bond motifs is 1. The van der Waals surface area contributed by atoms with Crippen LogP contribution in [0.3, 0.4) is 0 Å². The summed E-state index contributed by atoms with van der Waals surface area (Å²) >= 11 is 5.23. The van der Waals surface area contributed by atoms with Crippen molar-refractivity contribution in [1.29, 1.82) is 0 Å². The molecule has 0 spiro atoms. The highest BCUT2D eigenvalue weighted by molar-refractivity contribution is 7.71. The average molecular weight is 275 g/mol. The van der Waals surface area contributed by atoms with E-state index in [-0.39, 0.29) is 0 Å². The summed E-state index contributed by atoms with van der Waals surface area (Å²) in [5.41, 5.74) is 1.77. The fourth-order valence-electron chi connectivity index (χ4n) is 2.02. The zero-order valence-corrected chi connectivity index (χ0v) is 11.2. The summed E-state index contributed by atoms with van der Waals surface area (Å²) in [5.74, 6) is 0.722. The zero-order chi connectivity index (χ0) is 13.2. The number of aromatic amines is 2. The maximum Gasteiger partial charge on any atom is 0.195 e. The number of rotatable bonds is 4. The SMILES string of the molecule is COCCn1c(-c2n[nH]c3ccccc23)n[nH]c1=S. The molecule has 1 aromatic carbocycles. The Morgan fingerprint density at radius 2 is 2.11 bits per heavy atom. The molecule has 0 saturated carbocycles. The van der Waals surface area contributed by atoms with E-state index in [1.54, 1.807) is 7.11 Å². The molecule has 7 heteroatoms. The second-order valence-corrected chi connectivity index (χ2v) is 4.50. The normalized spacial score (nSPS) is 11.2. The van der Waals surface area contributed by atoms with Gasteiger partial charge in [0.05, 0.1) is 18.7 Å². The van der Waals surface area contributed by atoms with Crippen molar-refractivity contribution in [2.75, 3.05) is 13.7 Å². The maximum absolute atomic E-state index is 5.23. The van der Waals surface area contributed by atoms with Crippen molar-refractivity contribution in [3.63, 3.8) is 0 Å². The lowest BCUT2D eigenvalue weighted by atomic mass is 10.2. The van der Waals surface area contributed by atoms with Crippen LogP contribution < -0.4 is 0 Å². The molecule has 0 radical (unpaired) electrons. The molecule has 0 bridgehead atoms. The lowest BCUT2D eigenvalue weighted by molar-refractivity contribution is 0.187. The first-order valence-electron chi connectivity index (χ1n) is 5.89. The Labute approximate surface area is 114 Å². The average Bonchev–Trinajstić information content (AvgIpc) is 3.00. The Kier molecular flexibility index (Phi) is 3.14. The van der Waals surface area contributed by atoms with Gasteiger partial charge in [-0.25, -0.2) is 0 Å². The van der Waals surface area contributed by atoms with Gasteiger partial charge < -0.3 is 4.74 Å². The summed E-state index contributed by atoms with van der Waals surface area (Å²) in [5, 5.41) is 15.4. The van der Waals surface area contributed by atoms with Crippen molar-refractivity contribution in [3.8, 4) is 11.5 Å². The van der Waals surface area contributed by atoms with Gasteiger partial charge in [0.2, 0.25) is 0 Å². The molecular formula is C12H13N5OS. The van der Waals surface area contributed by atoms with E-state index in [1.807, 2.05) is 28.8 Å². The van der Waals surface area contributed by atoms with Crippen LogP contribution in [0.2, 0.25) is 0 Å². The number of methoxy groups -OCH3 is 1. The van der Waals surface area contributed by atoms with Crippen molar-refractivity contribution >= 4 is 23.1 Å². The van der Waals surface area contributed by atoms with Gasteiger partial charge in [-0.3, -0.25) is 14.8 Å². The molecule has 3 rings (SSSR count). The number of aromatic nitrogens is 5. The van der Waals surface area contributed by atoms with Gasteiger partial charge in [-0.05, 0) is 18.3 Å². The van der Waals surface area contributed by atoms with E-state index < -0.39 is 0 Å². The topological polar surface area (TPSA) is 71.5 Å². The van der Waals surface area contributed by atoms with E-state index in [1.165, 1.54) is 0 Å². The second kappa shape index (κ2) is 4.94. The molecule has 0 amide bonds. The van der Waals surface area contributed by atoms with Gasteiger partial charge >= 0.3 is 0 Å². The van der Waals surface area contributed by atoms with Gasteiger partial charge in [-0.15, -0.1) is 0 Å². The fraction of sp³-hybridized carbons (Fsp3) is 0.250. The van der Waals surface area contributed by atoms with Gasteiger partial charge in [-0.2, -0.15) is 10.2 Å². The van der Waals surface area contributed by atoms with Crippen molar-refractivity contribution in [2.24, 2.45) is 0 Å². The Bertz CT molecular complexity index is 757. The predicted octanol–water partition coefficient (Wildman–Crippen LogP) is 2.13. The molecule has 0 atom stereocenters. The Morgan fingerprint density at radius 1 is 1.26 bits per heavy atom. The summed E-state index contributed by atoms with van der Waals surface area (Å²) in [7, 11) is 1.66. The highest BCUT2D eigenvalue weighted by Crippen LogP contribution is 2.24. The number of nitrogens with one attached hydrogen (secondary N) is 2. The summed E-state index contributed by atoms with van der Waals surface area (Å²) in [6.07, 6.45) is 0. The number of para-hydroxylation sites is 1. The predicted molar refractivity (Wildman–Crippen MR) is 74.4 cm³/mol. The third kappa shape index (κ3) is 2.06. The molecule has 2 heterocycles. The molecular weight excluding hydrogens is 262 g/mol. The molecule has 19 heavy (non-hydrogen) atoms. The van der Waals surface area contributed by atoms with Gasteiger partial charge in [0.15, 0.2) is 10.6 Å². The van der Waals surface area contributed by atoms with Gasteiger partial charge in [0, 0.05) is 12.5 Å². The molecule has 98 valence electrons. The largest absolute Gasteiger partial charge is 0.383 e. The first-order chi connectivity index (χ1) is 9.31. The van der Waals surface area contributed by atoms with Crippen molar-refractivity contribution in [3.05, 3.63) is 29.0 Å². The minimum atomic E-state index is 0.569. The number of hydrogen-bond donors (Lipinski definition) is 2. The van der Waals surface area contributed by atoms with E-state index in [0.717, 1.165) is 22.4 Å². The third-order valence-electron chi connectivity index (χ3n) is 2.96. The van der Waals surface area contributed by atoms with Crippen LogP contribution in [0.25, 0.3) is 22.4 Å². The highest BCUT2D eigenvalue weighted by Gasteiger charge is 2.14. The smallest absolute Gasteiger partial charge is 0.195 e. The lowest BCUT2D eigenvalue weighted by Crippen LogP contribution is -2.06. The minimum absolute atomic E-state index is 0.569. The summed E-state index contributed by atoms with van der Waals surface area (Å²) in [6, 6.07) is 7.92. The van der Waals surface area contributed by atoms with E-state index in [9.17, 15) is 0 Å². The number of hydrogen-bond acceptors (Lipinski definition) is 4. The van der Waals surface area contributed by atoms with E-state index in [2.05, 4.69) is 20.4 Å². The van der Waals surface area contributed by atoms with Crippen LogP contribution in [0.5, 0.6) is 0 Å². The van der Waals surface area contributed by atoms with Crippen LogP contribution in [0.1, 0.15) is 0 Å².